The van der Waals surface area contributed by atoms with E-state index in [1.807, 2.05) is 31.2 Å². The zero-order valence-corrected chi connectivity index (χ0v) is 13.4. The molecule has 0 spiro atoms. The summed E-state index contributed by atoms with van der Waals surface area (Å²) in [4.78, 5) is 0. The molecule has 3 heteroatoms. The third kappa shape index (κ3) is 4.92. The Morgan fingerprint density at radius 2 is 1.71 bits per heavy atom. The second-order valence-electron chi connectivity index (χ2n) is 5.69. The van der Waals surface area contributed by atoms with E-state index in [0.717, 1.165) is 24.5 Å². The van der Waals surface area contributed by atoms with E-state index in [0.29, 0.717) is 12.6 Å². The van der Waals surface area contributed by atoms with Crippen molar-refractivity contribution in [3.8, 4) is 11.5 Å². The molecule has 0 radical (unpaired) electrons. The van der Waals surface area contributed by atoms with Gasteiger partial charge in [-0.1, -0.05) is 38.3 Å². The molecule has 0 aromatic heterocycles. The third-order valence-electron chi connectivity index (χ3n) is 4.10. The molecule has 1 aromatic carbocycles. The van der Waals surface area contributed by atoms with Gasteiger partial charge in [0.15, 0.2) is 11.5 Å². The van der Waals surface area contributed by atoms with Crippen molar-refractivity contribution in [2.75, 3.05) is 13.2 Å². The van der Waals surface area contributed by atoms with Crippen LogP contribution in [0.15, 0.2) is 24.3 Å². The summed E-state index contributed by atoms with van der Waals surface area (Å²) >= 11 is 0. The summed E-state index contributed by atoms with van der Waals surface area (Å²) in [5.74, 6) is 1.74. The van der Waals surface area contributed by atoms with Crippen LogP contribution in [0.5, 0.6) is 11.5 Å². The number of benzene rings is 1. The smallest absolute Gasteiger partial charge is 0.161 e. The fourth-order valence-corrected chi connectivity index (χ4v) is 3.07. The summed E-state index contributed by atoms with van der Waals surface area (Å²) in [6, 6.07) is 8.47. The molecule has 118 valence electrons. The molecule has 2 unspecified atom stereocenters. The van der Waals surface area contributed by atoms with Gasteiger partial charge in [-0.25, -0.2) is 0 Å². The predicted molar refractivity (Wildman–Crippen MR) is 87.2 cm³/mol. The summed E-state index contributed by atoms with van der Waals surface area (Å²) in [6.45, 7) is 5.84. The van der Waals surface area contributed by atoms with Crippen molar-refractivity contribution in [1.82, 2.24) is 5.32 Å². The number of nitrogens with one attached hydrogen (secondary N) is 1. The van der Waals surface area contributed by atoms with Crippen molar-refractivity contribution in [3.63, 3.8) is 0 Å². The van der Waals surface area contributed by atoms with Crippen molar-refractivity contribution in [2.45, 2.75) is 64.5 Å². The molecule has 3 nitrogen and oxygen atoms in total. The van der Waals surface area contributed by atoms with E-state index < -0.39 is 0 Å². The van der Waals surface area contributed by atoms with Gasteiger partial charge in [0.2, 0.25) is 0 Å². The number of para-hydroxylation sites is 2. The summed E-state index contributed by atoms with van der Waals surface area (Å²) in [5.41, 5.74) is 0. The number of hydrogen-bond donors (Lipinski definition) is 1. The molecular weight excluding hydrogens is 262 g/mol. The van der Waals surface area contributed by atoms with E-state index in [1.165, 1.54) is 32.1 Å². The Morgan fingerprint density at radius 1 is 1.00 bits per heavy atom. The SMILES string of the molecule is CCNC1CCCCCCC1Oc1ccccc1OCC. The van der Waals surface area contributed by atoms with Crippen LogP contribution in [0, 0.1) is 0 Å². The molecule has 2 rings (SSSR count). The summed E-state index contributed by atoms with van der Waals surface area (Å²) in [7, 11) is 0. The van der Waals surface area contributed by atoms with E-state index in [1.54, 1.807) is 0 Å². The van der Waals surface area contributed by atoms with E-state index in [4.69, 9.17) is 9.47 Å². The highest BCUT2D eigenvalue weighted by molar-refractivity contribution is 5.39. The highest BCUT2D eigenvalue weighted by atomic mass is 16.5. The summed E-state index contributed by atoms with van der Waals surface area (Å²) in [5, 5.41) is 3.61. The van der Waals surface area contributed by atoms with E-state index in [2.05, 4.69) is 12.2 Å². The van der Waals surface area contributed by atoms with Crippen LogP contribution in [-0.4, -0.2) is 25.3 Å². The van der Waals surface area contributed by atoms with Crippen LogP contribution in [0.25, 0.3) is 0 Å². The Labute approximate surface area is 129 Å². The Bertz CT molecular complexity index is 408. The Balaban J connectivity index is 2.09. The Kier molecular flexibility index (Phi) is 6.87. The highest BCUT2D eigenvalue weighted by Gasteiger charge is 2.24. The average molecular weight is 291 g/mol. The van der Waals surface area contributed by atoms with E-state index in [-0.39, 0.29) is 6.10 Å². The van der Waals surface area contributed by atoms with Crippen LogP contribution < -0.4 is 14.8 Å². The zero-order chi connectivity index (χ0) is 14.9. The number of likely N-dealkylation sites (N-methyl/N-ethyl adjacent to an activating group) is 1. The fraction of sp³-hybridized carbons (Fsp3) is 0.667. The largest absolute Gasteiger partial charge is 0.490 e. The van der Waals surface area contributed by atoms with Crippen molar-refractivity contribution in [1.29, 1.82) is 0 Å². The molecule has 2 atom stereocenters. The molecule has 0 bridgehead atoms. The predicted octanol–water partition coefficient (Wildman–Crippen LogP) is 4.17. The quantitative estimate of drug-likeness (QED) is 0.853. The molecule has 1 N–H and O–H groups in total. The van der Waals surface area contributed by atoms with Gasteiger partial charge in [-0.05, 0) is 44.9 Å². The highest BCUT2D eigenvalue weighted by Crippen LogP contribution is 2.30. The van der Waals surface area contributed by atoms with Crippen LogP contribution >= 0.6 is 0 Å². The van der Waals surface area contributed by atoms with Gasteiger partial charge in [0.05, 0.1) is 6.61 Å². The number of hydrogen-bond acceptors (Lipinski definition) is 3. The van der Waals surface area contributed by atoms with Gasteiger partial charge in [-0.15, -0.1) is 0 Å². The van der Waals surface area contributed by atoms with Crippen molar-refractivity contribution < 1.29 is 9.47 Å². The average Bonchev–Trinajstić information content (AvgIpc) is 2.48. The molecule has 1 aliphatic rings. The maximum Gasteiger partial charge on any atom is 0.161 e. The van der Waals surface area contributed by atoms with Crippen LogP contribution in [-0.2, 0) is 0 Å². The van der Waals surface area contributed by atoms with Crippen molar-refractivity contribution in [3.05, 3.63) is 24.3 Å². The Morgan fingerprint density at radius 3 is 2.43 bits per heavy atom. The molecule has 1 saturated carbocycles. The van der Waals surface area contributed by atoms with Crippen LogP contribution in [0.2, 0.25) is 0 Å². The minimum absolute atomic E-state index is 0.242. The summed E-state index contributed by atoms with van der Waals surface area (Å²) in [6.07, 6.45) is 7.80. The minimum Gasteiger partial charge on any atom is -0.490 e. The van der Waals surface area contributed by atoms with E-state index in [9.17, 15) is 0 Å². The molecular formula is C18H29NO2. The molecule has 1 aromatic rings. The van der Waals surface area contributed by atoms with Gasteiger partial charge >= 0.3 is 0 Å². The molecule has 0 saturated heterocycles. The first-order valence-corrected chi connectivity index (χ1v) is 8.47. The second-order valence-corrected chi connectivity index (χ2v) is 5.69. The van der Waals surface area contributed by atoms with Gasteiger partial charge in [-0.2, -0.15) is 0 Å². The lowest BCUT2D eigenvalue weighted by Crippen LogP contribution is -2.43. The fourth-order valence-electron chi connectivity index (χ4n) is 3.07. The third-order valence-corrected chi connectivity index (χ3v) is 4.10. The minimum atomic E-state index is 0.242. The lowest BCUT2D eigenvalue weighted by molar-refractivity contribution is 0.122. The van der Waals surface area contributed by atoms with E-state index >= 15 is 0 Å². The van der Waals surface area contributed by atoms with Crippen LogP contribution in [0.3, 0.4) is 0 Å². The molecule has 0 amide bonds. The summed E-state index contributed by atoms with van der Waals surface area (Å²) < 4.78 is 12.0. The maximum absolute atomic E-state index is 6.35. The first-order chi connectivity index (χ1) is 10.3. The van der Waals surface area contributed by atoms with Gasteiger partial charge in [0.25, 0.3) is 0 Å². The van der Waals surface area contributed by atoms with Gasteiger partial charge in [0.1, 0.15) is 6.10 Å². The Hall–Kier alpha value is -1.22. The molecule has 1 aliphatic carbocycles. The first-order valence-electron chi connectivity index (χ1n) is 8.47. The zero-order valence-electron chi connectivity index (χ0n) is 13.4. The van der Waals surface area contributed by atoms with Crippen molar-refractivity contribution in [2.24, 2.45) is 0 Å². The standard InChI is InChI=1S/C18H29NO2/c1-3-19-15-11-7-5-6-8-12-16(15)21-18-14-10-9-13-17(18)20-4-2/h9-10,13-16,19H,3-8,11-12H2,1-2H3. The molecule has 21 heavy (non-hydrogen) atoms. The lowest BCUT2D eigenvalue weighted by Gasteiger charge is -2.31. The lowest BCUT2D eigenvalue weighted by atomic mass is 9.94. The normalized spacial score (nSPS) is 23.1. The molecule has 0 aliphatic heterocycles. The number of ether oxygens (including phenoxy) is 2. The van der Waals surface area contributed by atoms with Gasteiger partial charge < -0.3 is 14.8 Å². The van der Waals surface area contributed by atoms with Crippen LogP contribution in [0.1, 0.15) is 52.4 Å². The monoisotopic (exact) mass is 291 g/mol. The molecule has 0 heterocycles. The van der Waals surface area contributed by atoms with Crippen molar-refractivity contribution >= 4 is 0 Å². The number of rotatable bonds is 6. The maximum atomic E-state index is 6.35. The second kappa shape index (κ2) is 8.93. The van der Waals surface area contributed by atoms with Gasteiger partial charge in [0, 0.05) is 6.04 Å². The van der Waals surface area contributed by atoms with Gasteiger partial charge in [-0.3, -0.25) is 0 Å². The van der Waals surface area contributed by atoms with Crippen LogP contribution in [0.4, 0.5) is 0 Å². The topological polar surface area (TPSA) is 30.5 Å². The first kappa shape index (κ1) is 16.2. The molecule has 1 fully saturated rings.